The molecule has 1 fully saturated rings. The Hall–Kier alpha value is -1.26. The number of anilines is 1. The molecule has 1 N–H and O–H groups in total. The van der Waals surface area contributed by atoms with Gasteiger partial charge >= 0.3 is 5.97 Å². The minimum Gasteiger partial charge on any atom is -0.478 e. The minimum atomic E-state index is -0.928. The maximum absolute atomic E-state index is 11.3. The van der Waals surface area contributed by atoms with Crippen LogP contribution >= 0.6 is 11.6 Å². The van der Waals surface area contributed by atoms with Crippen LogP contribution in [-0.4, -0.2) is 48.2 Å². The van der Waals surface area contributed by atoms with E-state index in [0.29, 0.717) is 11.1 Å². The van der Waals surface area contributed by atoms with E-state index < -0.39 is 5.97 Å². The molecule has 1 saturated heterocycles. The molecule has 1 aromatic rings. The van der Waals surface area contributed by atoms with Gasteiger partial charge in [-0.2, -0.15) is 0 Å². The number of likely N-dealkylation sites (N-methyl/N-ethyl adjacent to an activating group) is 1. The monoisotopic (exact) mass is 282 g/mol. The van der Waals surface area contributed by atoms with Crippen LogP contribution in [0.1, 0.15) is 24.2 Å². The molecule has 1 heterocycles. The topological polar surface area (TPSA) is 43.8 Å². The van der Waals surface area contributed by atoms with Gasteiger partial charge in [-0.05, 0) is 31.7 Å². The van der Waals surface area contributed by atoms with Crippen molar-refractivity contribution >= 4 is 23.3 Å². The highest BCUT2D eigenvalue weighted by Crippen LogP contribution is 2.26. The number of halogens is 1. The number of hydrogen-bond acceptors (Lipinski definition) is 3. The van der Waals surface area contributed by atoms with Crippen LogP contribution in [0.5, 0.6) is 0 Å². The predicted octanol–water partition coefficient (Wildman–Crippen LogP) is 2.57. The van der Waals surface area contributed by atoms with Crippen LogP contribution in [0, 0.1) is 0 Å². The molecule has 2 rings (SSSR count). The van der Waals surface area contributed by atoms with Gasteiger partial charge < -0.3 is 10.0 Å². The zero-order valence-corrected chi connectivity index (χ0v) is 12.0. The number of nitrogens with zero attached hydrogens (tertiary/aromatic N) is 2. The van der Waals surface area contributed by atoms with Gasteiger partial charge in [0.05, 0.1) is 11.3 Å². The largest absolute Gasteiger partial charge is 0.478 e. The van der Waals surface area contributed by atoms with E-state index in [2.05, 4.69) is 23.6 Å². The number of carbonyl (C=O) groups is 1. The number of hydrogen-bond donors (Lipinski definition) is 1. The van der Waals surface area contributed by atoms with Gasteiger partial charge in [0.25, 0.3) is 0 Å². The smallest absolute Gasteiger partial charge is 0.337 e. The third kappa shape index (κ3) is 3.01. The van der Waals surface area contributed by atoms with Crippen molar-refractivity contribution in [3.05, 3.63) is 28.8 Å². The summed E-state index contributed by atoms with van der Waals surface area (Å²) in [6.07, 6.45) is 0. The SMILES string of the molecule is CCN1CCN(c2ccc(Cl)cc2C(=O)O)CC1C. The summed E-state index contributed by atoms with van der Waals surface area (Å²) < 4.78 is 0. The van der Waals surface area contributed by atoms with Gasteiger partial charge in [-0.1, -0.05) is 18.5 Å². The molecule has 0 radical (unpaired) electrons. The van der Waals surface area contributed by atoms with Crippen molar-refractivity contribution in [1.29, 1.82) is 0 Å². The van der Waals surface area contributed by atoms with Gasteiger partial charge in [0.2, 0.25) is 0 Å². The number of benzene rings is 1. The molecule has 104 valence electrons. The Bertz CT molecular complexity index is 479. The van der Waals surface area contributed by atoms with Crippen LogP contribution in [0.2, 0.25) is 5.02 Å². The average molecular weight is 283 g/mol. The molecule has 1 aliphatic rings. The van der Waals surface area contributed by atoms with E-state index in [1.165, 1.54) is 6.07 Å². The quantitative estimate of drug-likeness (QED) is 0.925. The summed E-state index contributed by atoms with van der Waals surface area (Å²) in [5, 5.41) is 9.75. The van der Waals surface area contributed by atoms with E-state index in [-0.39, 0.29) is 5.56 Å². The molecule has 1 atom stereocenters. The summed E-state index contributed by atoms with van der Waals surface area (Å²) in [5.74, 6) is -0.928. The van der Waals surface area contributed by atoms with Crippen molar-refractivity contribution < 1.29 is 9.90 Å². The lowest BCUT2D eigenvalue weighted by Crippen LogP contribution is -2.52. The van der Waals surface area contributed by atoms with Gasteiger partial charge in [-0.3, -0.25) is 4.90 Å². The lowest BCUT2D eigenvalue weighted by molar-refractivity contribution is 0.0697. The van der Waals surface area contributed by atoms with E-state index in [1.54, 1.807) is 12.1 Å². The van der Waals surface area contributed by atoms with Crippen molar-refractivity contribution in [2.75, 3.05) is 31.1 Å². The number of carboxylic acids is 1. The summed E-state index contributed by atoms with van der Waals surface area (Å²) >= 11 is 5.88. The normalized spacial score (nSPS) is 20.6. The van der Waals surface area contributed by atoms with Gasteiger partial charge in [-0.15, -0.1) is 0 Å². The minimum absolute atomic E-state index is 0.282. The molecule has 1 aromatic carbocycles. The highest BCUT2D eigenvalue weighted by molar-refractivity contribution is 6.31. The third-order valence-corrected chi connectivity index (χ3v) is 3.94. The lowest BCUT2D eigenvalue weighted by Gasteiger charge is -2.40. The summed E-state index contributed by atoms with van der Waals surface area (Å²) in [6, 6.07) is 5.51. The first-order chi connectivity index (χ1) is 9.02. The molecule has 4 nitrogen and oxygen atoms in total. The van der Waals surface area contributed by atoms with Crippen molar-refractivity contribution in [2.45, 2.75) is 19.9 Å². The fourth-order valence-electron chi connectivity index (χ4n) is 2.64. The van der Waals surface area contributed by atoms with E-state index in [9.17, 15) is 9.90 Å². The van der Waals surface area contributed by atoms with E-state index in [0.717, 1.165) is 31.9 Å². The molecule has 0 amide bonds. The van der Waals surface area contributed by atoms with E-state index in [1.807, 2.05) is 0 Å². The second-order valence-corrected chi connectivity index (χ2v) is 5.33. The van der Waals surface area contributed by atoms with Crippen LogP contribution < -0.4 is 4.90 Å². The average Bonchev–Trinajstić information content (AvgIpc) is 2.38. The molecule has 0 aromatic heterocycles. The predicted molar refractivity (Wildman–Crippen MR) is 77.3 cm³/mol. The summed E-state index contributed by atoms with van der Waals surface area (Å²) in [4.78, 5) is 15.9. The van der Waals surface area contributed by atoms with Crippen LogP contribution in [-0.2, 0) is 0 Å². The number of rotatable bonds is 3. The molecule has 19 heavy (non-hydrogen) atoms. The third-order valence-electron chi connectivity index (χ3n) is 3.70. The second-order valence-electron chi connectivity index (χ2n) is 4.89. The van der Waals surface area contributed by atoms with Gasteiger partial charge in [0.1, 0.15) is 0 Å². The lowest BCUT2D eigenvalue weighted by atomic mass is 10.1. The highest BCUT2D eigenvalue weighted by Gasteiger charge is 2.25. The highest BCUT2D eigenvalue weighted by atomic mass is 35.5. The Balaban J connectivity index is 2.25. The zero-order chi connectivity index (χ0) is 14.0. The Morgan fingerprint density at radius 3 is 2.79 bits per heavy atom. The second kappa shape index (κ2) is 5.80. The van der Waals surface area contributed by atoms with Crippen LogP contribution in [0.25, 0.3) is 0 Å². The molecular formula is C14H19ClN2O2. The van der Waals surface area contributed by atoms with Crippen molar-refractivity contribution in [3.63, 3.8) is 0 Å². The molecule has 1 aliphatic heterocycles. The zero-order valence-electron chi connectivity index (χ0n) is 11.3. The van der Waals surface area contributed by atoms with Crippen LogP contribution in [0.4, 0.5) is 5.69 Å². The summed E-state index contributed by atoms with van der Waals surface area (Å²) in [5.41, 5.74) is 1.05. The van der Waals surface area contributed by atoms with Gasteiger partial charge in [0, 0.05) is 30.7 Å². The summed E-state index contributed by atoms with van der Waals surface area (Å²) in [7, 11) is 0. The first kappa shape index (κ1) is 14.2. The van der Waals surface area contributed by atoms with Crippen molar-refractivity contribution in [2.24, 2.45) is 0 Å². The van der Waals surface area contributed by atoms with Crippen molar-refractivity contribution in [1.82, 2.24) is 4.90 Å². The maximum Gasteiger partial charge on any atom is 0.337 e. The van der Waals surface area contributed by atoms with Crippen LogP contribution in [0.15, 0.2) is 18.2 Å². The van der Waals surface area contributed by atoms with E-state index in [4.69, 9.17) is 11.6 Å². The Morgan fingerprint density at radius 1 is 1.47 bits per heavy atom. The molecule has 5 heteroatoms. The fourth-order valence-corrected chi connectivity index (χ4v) is 2.81. The first-order valence-electron chi connectivity index (χ1n) is 6.54. The summed E-state index contributed by atoms with van der Waals surface area (Å²) in [6.45, 7) is 8.00. The Labute approximate surface area is 118 Å². The number of aromatic carboxylic acids is 1. The molecule has 0 bridgehead atoms. The Morgan fingerprint density at radius 2 is 2.21 bits per heavy atom. The Kier molecular flexibility index (Phi) is 4.32. The number of piperazine rings is 1. The molecule has 0 saturated carbocycles. The standard InChI is InChI=1S/C14H19ClN2O2/c1-3-16-6-7-17(9-10(16)2)13-5-4-11(15)8-12(13)14(18)19/h4-5,8,10H,3,6-7,9H2,1-2H3,(H,18,19). The van der Waals surface area contributed by atoms with E-state index >= 15 is 0 Å². The van der Waals surface area contributed by atoms with Gasteiger partial charge in [0.15, 0.2) is 0 Å². The van der Waals surface area contributed by atoms with Crippen molar-refractivity contribution in [3.8, 4) is 0 Å². The fraction of sp³-hybridized carbons (Fsp3) is 0.500. The molecule has 1 unspecified atom stereocenters. The molecular weight excluding hydrogens is 264 g/mol. The van der Waals surface area contributed by atoms with Crippen LogP contribution in [0.3, 0.4) is 0 Å². The molecule has 0 spiro atoms. The molecule has 0 aliphatic carbocycles. The maximum atomic E-state index is 11.3. The van der Waals surface area contributed by atoms with Gasteiger partial charge in [-0.25, -0.2) is 4.79 Å². The first-order valence-corrected chi connectivity index (χ1v) is 6.92. The number of carboxylic acid groups (broad SMARTS) is 1.